The zero-order valence-corrected chi connectivity index (χ0v) is 11.0. The molecule has 0 aliphatic rings. The number of amides is 1. The number of ether oxygens (including phenoxy) is 1. The summed E-state index contributed by atoms with van der Waals surface area (Å²) in [6, 6.07) is 5.13. The fourth-order valence-electron chi connectivity index (χ4n) is 1.64. The number of nitrogens with zero attached hydrogens (tertiary/aromatic N) is 2. The molecule has 0 aliphatic carbocycles. The maximum Gasteiger partial charge on any atom is 0.328 e. The van der Waals surface area contributed by atoms with Gasteiger partial charge in [-0.2, -0.15) is 5.10 Å². The first-order valence-electron chi connectivity index (χ1n) is 5.98. The second-order valence-corrected chi connectivity index (χ2v) is 4.27. The molecule has 0 spiro atoms. The van der Waals surface area contributed by atoms with Gasteiger partial charge >= 0.3 is 5.97 Å². The van der Waals surface area contributed by atoms with Gasteiger partial charge in [0.2, 0.25) is 5.91 Å². The second kappa shape index (κ2) is 6.04. The van der Waals surface area contributed by atoms with Crippen molar-refractivity contribution in [3.8, 4) is 0 Å². The Labute approximate surface area is 119 Å². The normalized spacial score (nSPS) is 10.3. The van der Waals surface area contributed by atoms with Gasteiger partial charge in [0.05, 0.1) is 0 Å². The lowest BCUT2D eigenvalue weighted by Gasteiger charge is -2.07. The van der Waals surface area contributed by atoms with Crippen LogP contribution in [0.3, 0.4) is 0 Å². The van der Waals surface area contributed by atoms with Crippen LogP contribution in [0.2, 0.25) is 0 Å². The number of esters is 1. The summed E-state index contributed by atoms with van der Waals surface area (Å²) in [7, 11) is 0. The standard InChI is InChI=1S/C13H13FN4O3/c14-10-2-1-8(13(16)20)5-9(10)7-21-12(19)6-18-4-3-11(15)17-18/h1-5H,6-7H2,(H2,15,17)(H2,16,20). The quantitative estimate of drug-likeness (QED) is 0.777. The monoisotopic (exact) mass is 292 g/mol. The van der Waals surface area contributed by atoms with Crippen LogP contribution in [-0.4, -0.2) is 21.7 Å². The van der Waals surface area contributed by atoms with E-state index in [9.17, 15) is 14.0 Å². The van der Waals surface area contributed by atoms with Crippen molar-refractivity contribution in [2.75, 3.05) is 5.73 Å². The highest BCUT2D eigenvalue weighted by Gasteiger charge is 2.11. The molecule has 8 heteroatoms. The van der Waals surface area contributed by atoms with E-state index in [0.29, 0.717) is 0 Å². The lowest BCUT2D eigenvalue weighted by Crippen LogP contribution is -2.15. The van der Waals surface area contributed by atoms with E-state index >= 15 is 0 Å². The van der Waals surface area contributed by atoms with Crippen molar-refractivity contribution in [1.82, 2.24) is 9.78 Å². The molecule has 0 fully saturated rings. The number of anilines is 1. The molecule has 1 amide bonds. The first-order valence-corrected chi connectivity index (χ1v) is 5.98. The van der Waals surface area contributed by atoms with Crippen LogP contribution < -0.4 is 11.5 Å². The maximum absolute atomic E-state index is 13.5. The van der Waals surface area contributed by atoms with E-state index in [2.05, 4.69) is 5.10 Å². The predicted molar refractivity (Wildman–Crippen MR) is 71.4 cm³/mol. The van der Waals surface area contributed by atoms with Gasteiger partial charge in [0.1, 0.15) is 24.8 Å². The summed E-state index contributed by atoms with van der Waals surface area (Å²) in [4.78, 5) is 22.6. The van der Waals surface area contributed by atoms with Crippen molar-refractivity contribution < 1.29 is 18.7 Å². The lowest BCUT2D eigenvalue weighted by atomic mass is 10.1. The smallest absolute Gasteiger partial charge is 0.328 e. The van der Waals surface area contributed by atoms with Gasteiger partial charge in [0.15, 0.2) is 0 Å². The Morgan fingerprint density at radius 3 is 2.71 bits per heavy atom. The van der Waals surface area contributed by atoms with Gasteiger partial charge in [-0.25, -0.2) is 4.39 Å². The number of primary amides is 1. The molecule has 0 bridgehead atoms. The average Bonchev–Trinajstić information content (AvgIpc) is 2.82. The fraction of sp³-hybridized carbons (Fsp3) is 0.154. The minimum Gasteiger partial charge on any atom is -0.459 e. The largest absolute Gasteiger partial charge is 0.459 e. The molecule has 1 heterocycles. The van der Waals surface area contributed by atoms with E-state index in [-0.39, 0.29) is 30.1 Å². The number of halogens is 1. The molecule has 1 aromatic heterocycles. The molecule has 7 nitrogen and oxygen atoms in total. The van der Waals surface area contributed by atoms with Gasteiger partial charge in [-0.1, -0.05) is 0 Å². The van der Waals surface area contributed by atoms with Gasteiger partial charge < -0.3 is 16.2 Å². The molecule has 0 aliphatic heterocycles. The van der Waals surface area contributed by atoms with E-state index in [1.54, 1.807) is 0 Å². The molecular weight excluding hydrogens is 279 g/mol. The zero-order valence-electron chi connectivity index (χ0n) is 11.0. The number of nitrogen functional groups attached to an aromatic ring is 1. The fourth-order valence-corrected chi connectivity index (χ4v) is 1.64. The Balaban J connectivity index is 1.97. The molecule has 21 heavy (non-hydrogen) atoms. The second-order valence-electron chi connectivity index (χ2n) is 4.27. The van der Waals surface area contributed by atoms with Gasteiger partial charge in [-0.15, -0.1) is 0 Å². The van der Waals surface area contributed by atoms with E-state index < -0.39 is 17.7 Å². The van der Waals surface area contributed by atoms with Crippen LogP contribution in [0, 0.1) is 5.82 Å². The van der Waals surface area contributed by atoms with Crippen LogP contribution in [0.4, 0.5) is 10.2 Å². The molecule has 1 aromatic carbocycles. The third kappa shape index (κ3) is 3.78. The highest BCUT2D eigenvalue weighted by atomic mass is 19.1. The third-order valence-electron chi connectivity index (χ3n) is 2.67. The summed E-state index contributed by atoms with van der Waals surface area (Å²) in [5.74, 6) is -1.60. The molecule has 2 aromatic rings. The van der Waals surface area contributed by atoms with Crippen molar-refractivity contribution in [2.24, 2.45) is 5.73 Å². The number of benzene rings is 1. The number of rotatable bonds is 5. The van der Waals surface area contributed by atoms with E-state index in [4.69, 9.17) is 16.2 Å². The summed E-state index contributed by atoms with van der Waals surface area (Å²) in [5.41, 5.74) is 10.7. The Kier molecular flexibility index (Phi) is 4.17. The number of hydrogen-bond acceptors (Lipinski definition) is 5. The van der Waals surface area contributed by atoms with E-state index in [1.165, 1.54) is 29.1 Å². The third-order valence-corrected chi connectivity index (χ3v) is 2.67. The number of carbonyl (C=O) groups excluding carboxylic acids is 2. The van der Waals surface area contributed by atoms with Crippen molar-refractivity contribution in [1.29, 1.82) is 0 Å². The maximum atomic E-state index is 13.5. The van der Waals surface area contributed by atoms with Gasteiger partial charge in [-0.3, -0.25) is 14.3 Å². The molecule has 0 unspecified atom stereocenters. The molecule has 0 saturated carbocycles. The topological polar surface area (TPSA) is 113 Å². The van der Waals surface area contributed by atoms with Crippen LogP contribution in [0.5, 0.6) is 0 Å². The predicted octanol–water partition coefficient (Wildman–Crippen LogP) is 0.447. The van der Waals surface area contributed by atoms with Crippen molar-refractivity contribution in [3.63, 3.8) is 0 Å². The molecule has 2 rings (SSSR count). The number of hydrogen-bond donors (Lipinski definition) is 2. The minimum atomic E-state index is -0.686. The van der Waals surface area contributed by atoms with Crippen molar-refractivity contribution >= 4 is 17.7 Å². The highest BCUT2D eigenvalue weighted by Crippen LogP contribution is 2.12. The van der Waals surface area contributed by atoms with Crippen LogP contribution in [0.15, 0.2) is 30.5 Å². The number of aromatic nitrogens is 2. The van der Waals surface area contributed by atoms with Crippen LogP contribution in [0.25, 0.3) is 0 Å². The highest BCUT2D eigenvalue weighted by molar-refractivity contribution is 5.92. The molecular formula is C13H13FN4O3. The van der Waals surface area contributed by atoms with Crippen molar-refractivity contribution in [2.45, 2.75) is 13.2 Å². The summed E-state index contributed by atoms with van der Waals surface area (Å²) in [6.07, 6.45) is 1.52. The Morgan fingerprint density at radius 2 is 2.10 bits per heavy atom. The molecule has 0 saturated heterocycles. The molecule has 0 atom stereocenters. The van der Waals surface area contributed by atoms with Gasteiger partial charge in [-0.05, 0) is 24.3 Å². The molecule has 0 radical (unpaired) electrons. The Hall–Kier alpha value is -2.90. The van der Waals surface area contributed by atoms with Gasteiger partial charge in [0.25, 0.3) is 0 Å². The lowest BCUT2D eigenvalue weighted by molar-refractivity contribution is -0.145. The molecule has 110 valence electrons. The van der Waals surface area contributed by atoms with Gasteiger partial charge in [0, 0.05) is 17.3 Å². The van der Waals surface area contributed by atoms with Crippen molar-refractivity contribution in [3.05, 3.63) is 47.4 Å². The van der Waals surface area contributed by atoms with Crippen LogP contribution in [-0.2, 0) is 22.7 Å². The number of nitrogens with two attached hydrogens (primary N) is 2. The SMILES string of the molecule is NC(=O)c1ccc(F)c(COC(=O)Cn2ccc(N)n2)c1. The summed E-state index contributed by atoms with van der Waals surface area (Å²) < 4.78 is 19.8. The zero-order chi connectivity index (χ0) is 15.4. The Bertz CT molecular complexity index is 684. The first-order chi connectivity index (χ1) is 9.95. The van der Waals surface area contributed by atoms with E-state index in [1.807, 2.05) is 0 Å². The minimum absolute atomic E-state index is 0.0691. The summed E-state index contributed by atoms with van der Waals surface area (Å²) >= 11 is 0. The first kappa shape index (κ1) is 14.5. The Morgan fingerprint density at radius 1 is 1.33 bits per heavy atom. The van der Waals surface area contributed by atoms with Crippen LogP contribution in [0.1, 0.15) is 15.9 Å². The van der Waals surface area contributed by atoms with Crippen LogP contribution >= 0.6 is 0 Å². The number of carbonyl (C=O) groups is 2. The summed E-state index contributed by atoms with van der Waals surface area (Å²) in [5, 5.41) is 3.82. The van der Waals surface area contributed by atoms with E-state index in [0.717, 1.165) is 6.07 Å². The average molecular weight is 292 g/mol. The summed E-state index contributed by atoms with van der Waals surface area (Å²) in [6.45, 7) is -0.448. The molecule has 4 N–H and O–H groups in total.